The summed E-state index contributed by atoms with van der Waals surface area (Å²) in [4.78, 5) is 6.41. The van der Waals surface area contributed by atoms with Crippen molar-refractivity contribution in [1.29, 1.82) is 0 Å². The standard InChI is InChI=1S/C13H20N2O/c1-13(2)5-7-15(10-12(13)16)9-11-4-3-6-14-8-11/h3-4,6,8,12,16H,5,7,9-10H2,1-2H3. The molecule has 1 atom stereocenters. The van der Waals surface area contributed by atoms with E-state index in [9.17, 15) is 5.11 Å². The molecule has 0 bridgehead atoms. The maximum Gasteiger partial charge on any atom is 0.0718 e. The van der Waals surface area contributed by atoms with E-state index in [2.05, 4.69) is 29.8 Å². The molecule has 1 N–H and O–H groups in total. The maximum absolute atomic E-state index is 10.0. The Balaban J connectivity index is 1.94. The Bertz CT molecular complexity index is 337. The number of likely N-dealkylation sites (tertiary alicyclic amines) is 1. The van der Waals surface area contributed by atoms with Crippen molar-refractivity contribution in [3.05, 3.63) is 30.1 Å². The molecular formula is C13H20N2O. The Morgan fingerprint density at radius 3 is 3.00 bits per heavy atom. The third-order valence-electron chi connectivity index (χ3n) is 3.53. The zero-order valence-electron chi connectivity index (χ0n) is 10.1. The van der Waals surface area contributed by atoms with Gasteiger partial charge in [-0.3, -0.25) is 9.88 Å². The first-order valence-corrected chi connectivity index (χ1v) is 5.87. The number of nitrogens with zero attached hydrogens (tertiary/aromatic N) is 2. The van der Waals surface area contributed by atoms with Gasteiger partial charge >= 0.3 is 0 Å². The summed E-state index contributed by atoms with van der Waals surface area (Å²) in [6.07, 6.45) is 4.51. The van der Waals surface area contributed by atoms with Crippen LogP contribution in [-0.4, -0.2) is 34.2 Å². The molecule has 0 aliphatic carbocycles. The lowest BCUT2D eigenvalue weighted by molar-refractivity contribution is -0.0278. The van der Waals surface area contributed by atoms with E-state index in [1.807, 2.05) is 12.3 Å². The molecule has 1 aliphatic heterocycles. The van der Waals surface area contributed by atoms with Gasteiger partial charge in [0.05, 0.1) is 6.10 Å². The number of hydrogen-bond donors (Lipinski definition) is 1. The zero-order chi connectivity index (χ0) is 11.6. The number of aromatic nitrogens is 1. The summed E-state index contributed by atoms with van der Waals surface area (Å²) < 4.78 is 0. The summed E-state index contributed by atoms with van der Waals surface area (Å²) in [6, 6.07) is 4.04. The van der Waals surface area contributed by atoms with Crippen LogP contribution < -0.4 is 0 Å². The molecule has 1 unspecified atom stereocenters. The zero-order valence-corrected chi connectivity index (χ0v) is 10.1. The van der Waals surface area contributed by atoms with Gasteiger partial charge in [-0.25, -0.2) is 0 Å². The molecule has 1 aromatic heterocycles. The van der Waals surface area contributed by atoms with Gasteiger partial charge in [-0.1, -0.05) is 19.9 Å². The summed E-state index contributed by atoms with van der Waals surface area (Å²) in [6.45, 7) is 6.99. The molecule has 0 amide bonds. The summed E-state index contributed by atoms with van der Waals surface area (Å²) in [5.41, 5.74) is 1.28. The molecule has 0 spiro atoms. The van der Waals surface area contributed by atoms with Crippen LogP contribution in [0.25, 0.3) is 0 Å². The van der Waals surface area contributed by atoms with Gasteiger partial charge in [0.25, 0.3) is 0 Å². The minimum Gasteiger partial charge on any atom is -0.391 e. The number of β-amino-alcohol motifs (C(OH)–C–C–N with tert-alkyl or cyclic N) is 1. The molecule has 16 heavy (non-hydrogen) atoms. The van der Waals surface area contributed by atoms with Gasteiger partial charge in [0.2, 0.25) is 0 Å². The van der Waals surface area contributed by atoms with Gasteiger partial charge in [0, 0.05) is 25.5 Å². The van der Waals surface area contributed by atoms with Crippen LogP contribution in [0.4, 0.5) is 0 Å². The highest BCUT2D eigenvalue weighted by molar-refractivity contribution is 5.08. The minimum absolute atomic E-state index is 0.0610. The lowest BCUT2D eigenvalue weighted by Crippen LogP contribution is -2.47. The Kier molecular flexibility index (Phi) is 3.26. The lowest BCUT2D eigenvalue weighted by atomic mass is 9.80. The average molecular weight is 220 g/mol. The van der Waals surface area contributed by atoms with Crippen LogP contribution in [0.2, 0.25) is 0 Å². The number of aliphatic hydroxyl groups is 1. The van der Waals surface area contributed by atoms with Crippen LogP contribution in [0.1, 0.15) is 25.8 Å². The summed E-state index contributed by atoms with van der Waals surface area (Å²) in [7, 11) is 0. The Hall–Kier alpha value is -0.930. The van der Waals surface area contributed by atoms with Crippen molar-refractivity contribution in [3.63, 3.8) is 0 Å². The number of aliphatic hydroxyl groups excluding tert-OH is 1. The van der Waals surface area contributed by atoms with E-state index < -0.39 is 0 Å². The van der Waals surface area contributed by atoms with Crippen molar-refractivity contribution in [2.45, 2.75) is 32.9 Å². The number of rotatable bonds is 2. The van der Waals surface area contributed by atoms with Gasteiger partial charge in [-0.2, -0.15) is 0 Å². The molecule has 1 aromatic rings. The number of pyridine rings is 1. The van der Waals surface area contributed by atoms with Gasteiger partial charge in [-0.15, -0.1) is 0 Å². The molecule has 2 heterocycles. The molecule has 3 nitrogen and oxygen atoms in total. The van der Waals surface area contributed by atoms with Crippen molar-refractivity contribution in [2.24, 2.45) is 5.41 Å². The predicted octanol–water partition coefficient (Wildman–Crippen LogP) is 1.67. The first kappa shape index (κ1) is 11.6. The second-order valence-electron chi connectivity index (χ2n) is 5.35. The summed E-state index contributed by atoms with van der Waals surface area (Å²) in [5.74, 6) is 0. The van der Waals surface area contributed by atoms with Crippen LogP contribution in [0.5, 0.6) is 0 Å². The smallest absolute Gasteiger partial charge is 0.0718 e. The summed E-state index contributed by atoms with van der Waals surface area (Å²) >= 11 is 0. The Morgan fingerprint density at radius 2 is 2.38 bits per heavy atom. The van der Waals surface area contributed by atoms with Crippen LogP contribution in [-0.2, 0) is 6.54 Å². The van der Waals surface area contributed by atoms with E-state index in [-0.39, 0.29) is 11.5 Å². The second-order valence-corrected chi connectivity index (χ2v) is 5.35. The highest BCUT2D eigenvalue weighted by Crippen LogP contribution is 2.30. The molecule has 0 aromatic carbocycles. The van der Waals surface area contributed by atoms with E-state index in [1.165, 1.54) is 5.56 Å². The predicted molar refractivity (Wildman–Crippen MR) is 63.9 cm³/mol. The van der Waals surface area contributed by atoms with Crippen molar-refractivity contribution < 1.29 is 5.11 Å². The van der Waals surface area contributed by atoms with Gasteiger partial charge in [0.15, 0.2) is 0 Å². The van der Waals surface area contributed by atoms with Crippen LogP contribution in [0.3, 0.4) is 0 Å². The summed E-state index contributed by atoms with van der Waals surface area (Å²) in [5, 5.41) is 10.0. The third-order valence-corrected chi connectivity index (χ3v) is 3.53. The fourth-order valence-electron chi connectivity index (χ4n) is 2.09. The quantitative estimate of drug-likeness (QED) is 0.823. The van der Waals surface area contributed by atoms with Crippen molar-refractivity contribution in [2.75, 3.05) is 13.1 Å². The Labute approximate surface area is 97.1 Å². The molecule has 3 heteroatoms. The van der Waals surface area contributed by atoms with Crippen molar-refractivity contribution in [1.82, 2.24) is 9.88 Å². The first-order valence-electron chi connectivity index (χ1n) is 5.87. The van der Waals surface area contributed by atoms with E-state index >= 15 is 0 Å². The molecule has 2 rings (SSSR count). The molecule has 0 radical (unpaired) electrons. The van der Waals surface area contributed by atoms with Crippen LogP contribution in [0.15, 0.2) is 24.5 Å². The van der Waals surface area contributed by atoms with Crippen molar-refractivity contribution >= 4 is 0 Å². The Morgan fingerprint density at radius 1 is 1.56 bits per heavy atom. The van der Waals surface area contributed by atoms with E-state index in [1.54, 1.807) is 6.20 Å². The maximum atomic E-state index is 10.0. The number of hydrogen-bond acceptors (Lipinski definition) is 3. The fourth-order valence-corrected chi connectivity index (χ4v) is 2.09. The molecule has 0 saturated carbocycles. The SMILES string of the molecule is CC1(C)CCN(Cc2cccnc2)CC1O. The highest BCUT2D eigenvalue weighted by Gasteiger charge is 2.33. The van der Waals surface area contributed by atoms with Crippen LogP contribution >= 0.6 is 0 Å². The normalized spacial score (nSPS) is 25.6. The second kappa shape index (κ2) is 4.52. The topological polar surface area (TPSA) is 36.4 Å². The highest BCUT2D eigenvalue weighted by atomic mass is 16.3. The van der Waals surface area contributed by atoms with E-state index in [0.717, 1.165) is 26.1 Å². The molecule has 1 fully saturated rings. The van der Waals surface area contributed by atoms with Crippen LogP contribution in [0, 0.1) is 5.41 Å². The largest absolute Gasteiger partial charge is 0.391 e. The molecule has 1 aliphatic rings. The number of piperidine rings is 1. The molecule has 1 saturated heterocycles. The van der Waals surface area contributed by atoms with E-state index in [4.69, 9.17) is 0 Å². The van der Waals surface area contributed by atoms with Gasteiger partial charge < -0.3 is 5.11 Å². The van der Waals surface area contributed by atoms with Gasteiger partial charge in [-0.05, 0) is 30.0 Å². The first-order chi connectivity index (χ1) is 7.58. The molecular weight excluding hydrogens is 200 g/mol. The lowest BCUT2D eigenvalue weighted by Gasteiger charge is -2.41. The average Bonchev–Trinajstić information content (AvgIpc) is 2.26. The monoisotopic (exact) mass is 220 g/mol. The minimum atomic E-state index is -0.224. The van der Waals surface area contributed by atoms with E-state index in [0.29, 0.717) is 0 Å². The molecule has 88 valence electrons. The fraction of sp³-hybridized carbons (Fsp3) is 0.615. The van der Waals surface area contributed by atoms with Gasteiger partial charge in [0.1, 0.15) is 0 Å². The third kappa shape index (κ3) is 2.60. The van der Waals surface area contributed by atoms with Crippen molar-refractivity contribution in [3.8, 4) is 0 Å².